The van der Waals surface area contributed by atoms with Crippen molar-refractivity contribution in [1.29, 1.82) is 0 Å². The second-order valence-corrected chi connectivity index (χ2v) is 5.95. The number of ether oxygens (including phenoxy) is 1. The van der Waals surface area contributed by atoms with E-state index in [1.54, 1.807) is 7.11 Å². The summed E-state index contributed by atoms with van der Waals surface area (Å²) in [5, 5.41) is 0. The van der Waals surface area contributed by atoms with Crippen LogP contribution in [0.25, 0.3) is 0 Å². The Labute approximate surface area is 120 Å². The van der Waals surface area contributed by atoms with E-state index in [2.05, 4.69) is 11.8 Å². The van der Waals surface area contributed by atoms with Gasteiger partial charge in [0.05, 0.1) is 6.10 Å². The molecule has 1 fully saturated rings. The summed E-state index contributed by atoms with van der Waals surface area (Å²) in [6.07, 6.45) is 3.38. The van der Waals surface area contributed by atoms with E-state index in [0.717, 1.165) is 37.9 Å². The Kier molecular flexibility index (Phi) is 5.13. The number of benzene rings is 1. The molecule has 1 heterocycles. The van der Waals surface area contributed by atoms with Gasteiger partial charge in [-0.2, -0.15) is 0 Å². The number of likely N-dealkylation sites (tertiary alicyclic amines) is 1. The van der Waals surface area contributed by atoms with Crippen LogP contribution in [0.2, 0.25) is 0 Å². The van der Waals surface area contributed by atoms with Gasteiger partial charge in [-0.25, -0.2) is 4.39 Å². The normalized spacial score (nSPS) is 23.5. The first-order valence-corrected chi connectivity index (χ1v) is 7.30. The van der Waals surface area contributed by atoms with Crippen LogP contribution in [0.15, 0.2) is 24.3 Å². The maximum Gasteiger partial charge on any atom is 0.123 e. The summed E-state index contributed by atoms with van der Waals surface area (Å²) in [5.74, 6) is -0.194. The SMILES string of the molecule is COC1CCCN(C(C)(CN)Cc2ccc(F)cc2)C1. The van der Waals surface area contributed by atoms with Crippen LogP contribution in [0.5, 0.6) is 0 Å². The second-order valence-electron chi connectivity index (χ2n) is 5.95. The number of hydrogen-bond donors (Lipinski definition) is 1. The van der Waals surface area contributed by atoms with Gasteiger partial charge in [0.25, 0.3) is 0 Å². The Hall–Kier alpha value is -0.970. The highest BCUT2D eigenvalue weighted by Crippen LogP contribution is 2.25. The van der Waals surface area contributed by atoms with Crippen LogP contribution in [0, 0.1) is 5.82 Å². The molecule has 20 heavy (non-hydrogen) atoms. The summed E-state index contributed by atoms with van der Waals surface area (Å²) in [6, 6.07) is 6.73. The minimum atomic E-state index is -0.194. The average molecular weight is 280 g/mol. The lowest BCUT2D eigenvalue weighted by molar-refractivity contribution is -0.0113. The van der Waals surface area contributed by atoms with Gasteiger partial charge in [-0.15, -0.1) is 0 Å². The summed E-state index contributed by atoms with van der Waals surface area (Å²) in [5.41, 5.74) is 7.07. The Morgan fingerprint density at radius 2 is 2.10 bits per heavy atom. The number of piperidine rings is 1. The van der Waals surface area contributed by atoms with E-state index in [9.17, 15) is 4.39 Å². The van der Waals surface area contributed by atoms with E-state index in [0.29, 0.717) is 12.6 Å². The van der Waals surface area contributed by atoms with Gasteiger partial charge < -0.3 is 10.5 Å². The fourth-order valence-electron chi connectivity index (χ4n) is 2.98. The van der Waals surface area contributed by atoms with E-state index in [1.807, 2.05) is 12.1 Å². The van der Waals surface area contributed by atoms with Crippen molar-refractivity contribution >= 4 is 0 Å². The molecule has 1 aromatic rings. The van der Waals surface area contributed by atoms with E-state index >= 15 is 0 Å². The maximum atomic E-state index is 13.0. The zero-order valence-corrected chi connectivity index (χ0v) is 12.4. The molecule has 1 aliphatic rings. The monoisotopic (exact) mass is 280 g/mol. The molecule has 0 amide bonds. The van der Waals surface area contributed by atoms with Crippen molar-refractivity contribution in [2.24, 2.45) is 5.73 Å². The summed E-state index contributed by atoms with van der Waals surface area (Å²) in [7, 11) is 1.77. The van der Waals surface area contributed by atoms with Crippen LogP contribution in [-0.4, -0.2) is 43.3 Å². The Bertz CT molecular complexity index is 423. The van der Waals surface area contributed by atoms with Crippen LogP contribution in [-0.2, 0) is 11.2 Å². The zero-order valence-electron chi connectivity index (χ0n) is 12.4. The van der Waals surface area contributed by atoms with Gasteiger partial charge in [-0.05, 0) is 50.4 Å². The minimum Gasteiger partial charge on any atom is -0.380 e. The van der Waals surface area contributed by atoms with Crippen LogP contribution in [0.4, 0.5) is 4.39 Å². The van der Waals surface area contributed by atoms with Crippen LogP contribution in [0.1, 0.15) is 25.3 Å². The van der Waals surface area contributed by atoms with Crippen molar-refractivity contribution in [3.8, 4) is 0 Å². The van der Waals surface area contributed by atoms with Crippen molar-refractivity contribution in [3.05, 3.63) is 35.6 Å². The summed E-state index contributed by atoms with van der Waals surface area (Å²) in [6.45, 7) is 4.75. The smallest absolute Gasteiger partial charge is 0.123 e. The predicted molar refractivity (Wildman–Crippen MR) is 79.2 cm³/mol. The number of rotatable bonds is 5. The minimum absolute atomic E-state index is 0.102. The molecular formula is C16H25FN2O. The van der Waals surface area contributed by atoms with Crippen molar-refractivity contribution in [2.75, 3.05) is 26.7 Å². The molecule has 0 spiro atoms. The highest BCUT2D eigenvalue weighted by atomic mass is 19.1. The highest BCUT2D eigenvalue weighted by Gasteiger charge is 2.34. The second kappa shape index (κ2) is 6.66. The Morgan fingerprint density at radius 3 is 2.70 bits per heavy atom. The molecule has 0 saturated carbocycles. The lowest BCUT2D eigenvalue weighted by Crippen LogP contribution is -2.57. The third kappa shape index (κ3) is 3.57. The van der Waals surface area contributed by atoms with Crippen molar-refractivity contribution in [2.45, 2.75) is 37.8 Å². The molecule has 0 aromatic heterocycles. The molecular weight excluding hydrogens is 255 g/mol. The number of hydrogen-bond acceptors (Lipinski definition) is 3. The van der Waals surface area contributed by atoms with Gasteiger partial charge >= 0.3 is 0 Å². The topological polar surface area (TPSA) is 38.5 Å². The van der Waals surface area contributed by atoms with E-state index in [-0.39, 0.29) is 11.4 Å². The van der Waals surface area contributed by atoms with Gasteiger partial charge in [0, 0.05) is 25.7 Å². The first-order valence-electron chi connectivity index (χ1n) is 7.30. The third-order valence-corrected chi connectivity index (χ3v) is 4.41. The fraction of sp³-hybridized carbons (Fsp3) is 0.625. The molecule has 0 aliphatic carbocycles. The summed E-state index contributed by atoms with van der Waals surface area (Å²) >= 11 is 0. The lowest BCUT2D eigenvalue weighted by atomic mass is 9.88. The molecule has 2 N–H and O–H groups in total. The van der Waals surface area contributed by atoms with Crippen molar-refractivity contribution in [1.82, 2.24) is 4.90 Å². The lowest BCUT2D eigenvalue weighted by Gasteiger charge is -2.45. The van der Waals surface area contributed by atoms with Gasteiger partial charge in [0.1, 0.15) is 5.82 Å². The fourth-order valence-corrected chi connectivity index (χ4v) is 2.98. The van der Waals surface area contributed by atoms with Crippen LogP contribution >= 0.6 is 0 Å². The van der Waals surface area contributed by atoms with Crippen molar-refractivity contribution < 1.29 is 9.13 Å². The third-order valence-electron chi connectivity index (χ3n) is 4.41. The first kappa shape index (κ1) is 15.4. The van der Waals surface area contributed by atoms with Gasteiger partial charge in [0.15, 0.2) is 0 Å². The standard InChI is InChI=1S/C16H25FN2O/c1-16(12-18,10-13-5-7-14(17)8-6-13)19-9-3-4-15(11-19)20-2/h5-8,15H,3-4,9-12,18H2,1-2H3. The number of halogens is 1. The van der Waals surface area contributed by atoms with E-state index in [4.69, 9.17) is 10.5 Å². The Morgan fingerprint density at radius 1 is 1.40 bits per heavy atom. The molecule has 112 valence electrons. The van der Waals surface area contributed by atoms with Gasteiger partial charge in [0.2, 0.25) is 0 Å². The molecule has 0 bridgehead atoms. The largest absolute Gasteiger partial charge is 0.380 e. The van der Waals surface area contributed by atoms with Gasteiger partial charge in [-0.3, -0.25) is 4.90 Å². The van der Waals surface area contributed by atoms with Crippen LogP contribution < -0.4 is 5.73 Å². The van der Waals surface area contributed by atoms with Gasteiger partial charge in [-0.1, -0.05) is 12.1 Å². The Balaban J connectivity index is 2.09. The van der Waals surface area contributed by atoms with Crippen molar-refractivity contribution in [3.63, 3.8) is 0 Å². The van der Waals surface area contributed by atoms with E-state index < -0.39 is 0 Å². The average Bonchev–Trinajstić information content (AvgIpc) is 2.49. The zero-order chi connectivity index (χ0) is 14.6. The van der Waals surface area contributed by atoms with E-state index in [1.165, 1.54) is 12.1 Å². The summed E-state index contributed by atoms with van der Waals surface area (Å²) in [4.78, 5) is 2.42. The number of nitrogens with two attached hydrogens (primary N) is 1. The molecule has 2 atom stereocenters. The summed E-state index contributed by atoms with van der Waals surface area (Å²) < 4.78 is 18.5. The molecule has 4 heteroatoms. The molecule has 1 aromatic carbocycles. The molecule has 1 aliphatic heterocycles. The molecule has 0 radical (unpaired) electrons. The van der Waals surface area contributed by atoms with Crippen LogP contribution in [0.3, 0.4) is 0 Å². The molecule has 2 unspecified atom stereocenters. The molecule has 3 nitrogen and oxygen atoms in total. The quantitative estimate of drug-likeness (QED) is 0.898. The highest BCUT2D eigenvalue weighted by molar-refractivity contribution is 5.19. The number of nitrogens with zero attached hydrogens (tertiary/aromatic N) is 1. The first-order chi connectivity index (χ1) is 9.57. The molecule has 1 saturated heterocycles. The number of methoxy groups -OCH3 is 1. The molecule has 2 rings (SSSR count). The predicted octanol–water partition coefficient (Wildman–Crippen LogP) is 2.20. The maximum absolute atomic E-state index is 13.0.